The fraction of sp³-hybridized carbons (Fsp3) is 0.167. The number of benzene rings is 2. The standard InChI is InChI=1S/C18H16O3/c19-17(16-10-5-2-6-11-16)12-7-13-21-18(20)14-15-8-3-1-4-9-15/h1-6,8-11,17,19H,13-14H2/t17-/m1/s1. The van der Waals surface area contributed by atoms with Crippen molar-refractivity contribution >= 4 is 5.97 Å². The third kappa shape index (κ3) is 5.13. The largest absolute Gasteiger partial charge is 0.452 e. The minimum Gasteiger partial charge on any atom is -0.452 e. The first-order valence-electron chi connectivity index (χ1n) is 6.66. The van der Waals surface area contributed by atoms with Gasteiger partial charge in [0.2, 0.25) is 0 Å². The van der Waals surface area contributed by atoms with E-state index in [1.54, 1.807) is 12.1 Å². The van der Waals surface area contributed by atoms with Crippen LogP contribution in [0.2, 0.25) is 0 Å². The Bertz CT molecular complexity index is 624. The van der Waals surface area contributed by atoms with Crippen LogP contribution in [-0.4, -0.2) is 17.7 Å². The molecule has 0 aliphatic rings. The summed E-state index contributed by atoms with van der Waals surface area (Å²) < 4.78 is 5.01. The van der Waals surface area contributed by atoms with Crippen LogP contribution in [0.5, 0.6) is 0 Å². The lowest BCUT2D eigenvalue weighted by Gasteiger charge is -2.03. The molecule has 0 heterocycles. The molecule has 2 aromatic carbocycles. The topological polar surface area (TPSA) is 46.5 Å². The van der Waals surface area contributed by atoms with Crippen LogP contribution in [0.25, 0.3) is 0 Å². The molecular weight excluding hydrogens is 264 g/mol. The molecule has 2 aromatic rings. The fourth-order valence-electron chi connectivity index (χ4n) is 1.79. The molecule has 1 atom stereocenters. The predicted octanol–water partition coefficient (Wildman–Crippen LogP) is 2.51. The highest BCUT2D eigenvalue weighted by Crippen LogP contribution is 2.09. The average Bonchev–Trinajstić information content (AvgIpc) is 2.53. The van der Waals surface area contributed by atoms with Gasteiger partial charge in [0.15, 0.2) is 6.61 Å². The van der Waals surface area contributed by atoms with E-state index >= 15 is 0 Å². The van der Waals surface area contributed by atoms with E-state index in [4.69, 9.17) is 4.74 Å². The monoisotopic (exact) mass is 280 g/mol. The maximum atomic E-state index is 11.6. The molecule has 0 saturated carbocycles. The van der Waals surface area contributed by atoms with Gasteiger partial charge < -0.3 is 9.84 Å². The molecule has 0 spiro atoms. The highest BCUT2D eigenvalue weighted by molar-refractivity contribution is 5.72. The minimum atomic E-state index is -0.862. The van der Waals surface area contributed by atoms with Crippen molar-refractivity contribution < 1.29 is 14.6 Å². The van der Waals surface area contributed by atoms with E-state index in [0.29, 0.717) is 0 Å². The van der Waals surface area contributed by atoms with Crippen molar-refractivity contribution in [2.75, 3.05) is 6.61 Å². The Kier molecular flexibility index (Phi) is 5.57. The van der Waals surface area contributed by atoms with Crippen molar-refractivity contribution in [2.45, 2.75) is 12.5 Å². The van der Waals surface area contributed by atoms with Gasteiger partial charge >= 0.3 is 5.97 Å². The number of rotatable bonds is 4. The molecule has 0 aliphatic carbocycles. The fourth-order valence-corrected chi connectivity index (χ4v) is 1.79. The predicted molar refractivity (Wildman–Crippen MR) is 80.3 cm³/mol. The van der Waals surface area contributed by atoms with Crippen LogP contribution in [0.3, 0.4) is 0 Å². The third-order valence-electron chi connectivity index (χ3n) is 2.85. The van der Waals surface area contributed by atoms with Crippen molar-refractivity contribution in [3.8, 4) is 11.8 Å². The Morgan fingerprint density at radius 2 is 1.67 bits per heavy atom. The molecule has 0 fully saturated rings. The van der Waals surface area contributed by atoms with Crippen molar-refractivity contribution in [1.82, 2.24) is 0 Å². The van der Waals surface area contributed by atoms with Crippen LogP contribution in [0.15, 0.2) is 60.7 Å². The molecule has 0 aliphatic heterocycles. The summed E-state index contributed by atoms with van der Waals surface area (Å²) >= 11 is 0. The Balaban J connectivity index is 1.77. The molecule has 1 N–H and O–H groups in total. The van der Waals surface area contributed by atoms with Crippen LogP contribution in [0.1, 0.15) is 17.2 Å². The van der Waals surface area contributed by atoms with Gasteiger partial charge in [0.25, 0.3) is 0 Å². The number of hydrogen-bond donors (Lipinski definition) is 1. The van der Waals surface area contributed by atoms with E-state index in [1.165, 1.54) is 0 Å². The van der Waals surface area contributed by atoms with Crippen molar-refractivity contribution in [2.24, 2.45) is 0 Å². The number of hydrogen-bond acceptors (Lipinski definition) is 3. The molecule has 0 bridgehead atoms. The quantitative estimate of drug-likeness (QED) is 0.691. The van der Waals surface area contributed by atoms with Gasteiger partial charge in [-0.2, -0.15) is 0 Å². The number of esters is 1. The highest BCUT2D eigenvalue weighted by atomic mass is 16.5. The zero-order valence-corrected chi connectivity index (χ0v) is 11.5. The molecule has 0 radical (unpaired) electrons. The van der Waals surface area contributed by atoms with Gasteiger partial charge in [-0.1, -0.05) is 72.5 Å². The van der Waals surface area contributed by atoms with Gasteiger partial charge in [-0.25, -0.2) is 0 Å². The Labute approximate surface area is 124 Å². The SMILES string of the molecule is O=C(Cc1ccccc1)OCC#C[C@@H](O)c1ccccc1. The third-order valence-corrected chi connectivity index (χ3v) is 2.85. The second-order valence-electron chi connectivity index (χ2n) is 4.46. The molecule has 3 nitrogen and oxygen atoms in total. The van der Waals surface area contributed by atoms with Gasteiger partial charge in [0, 0.05) is 0 Å². The summed E-state index contributed by atoms with van der Waals surface area (Å²) in [5, 5.41) is 9.81. The van der Waals surface area contributed by atoms with Crippen LogP contribution in [0.4, 0.5) is 0 Å². The lowest BCUT2D eigenvalue weighted by Crippen LogP contribution is -2.08. The van der Waals surface area contributed by atoms with Crippen LogP contribution in [-0.2, 0) is 16.0 Å². The van der Waals surface area contributed by atoms with E-state index in [1.807, 2.05) is 48.5 Å². The number of ether oxygens (including phenoxy) is 1. The zero-order valence-electron chi connectivity index (χ0n) is 11.5. The number of aliphatic hydroxyl groups excluding tert-OH is 1. The summed E-state index contributed by atoms with van der Waals surface area (Å²) in [5.74, 6) is 4.97. The zero-order chi connectivity index (χ0) is 14.9. The van der Waals surface area contributed by atoms with Gasteiger partial charge in [0.1, 0.15) is 6.10 Å². The Morgan fingerprint density at radius 1 is 1.05 bits per heavy atom. The second kappa shape index (κ2) is 7.88. The molecule has 21 heavy (non-hydrogen) atoms. The van der Waals surface area contributed by atoms with Crippen molar-refractivity contribution in [1.29, 1.82) is 0 Å². The van der Waals surface area contributed by atoms with E-state index < -0.39 is 6.10 Å². The van der Waals surface area contributed by atoms with Gasteiger partial charge in [-0.05, 0) is 11.1 Å². The lowest BCUT2D eigenvalue weighted by molar-refractivity contribution is -0.141. The summed E-state index contributed by atoms with van der Waals surface area (Å²) in [6.45, 7) is -0.0183. The van der Waals surface area contributed by atoms with Gasteiger partial charge in [0.05, 0.1) is 6.42 Å². The first-order valence-corrected chi connectivity index (χ1v) is 6.66. The maximum absolute atomic E-state index is 11.6. The van der Waals surface area contributed by atoms with E-state index in [9.17, 15) is 9.90 Å². The normalized spacial score (nSPS) is 11.1. The van der Waals surface area contributed by atoms with Crippen LogP contribution >= 0.6 is 0 Å². The van der Waals surface area contributed by atoms with Gasteiger partial charge in [-0.15, -0.1) is 0 Å². The van der Waals surface area contributed by atoms with Crippen LogP contribution in [0, 0.1) is 11.8 Å². The number of carbonyl (C=O) groups is 1. The van der Waals surface area contributed by atoms with E-state index in [0.717, 1.165) is 11.1 Å². The molecule has 0 amide bonds. The molecule has 0 unspecified atom stereocenters. The summed E-state index contributed by atoms with van der Waals surface area (Å²) in [5.41, 5.74) is 1.63. The van der Waals surface area contributed by atoms with Crippen molar-refractivity contribution in [3.63, 3.8) is 0 Å². The molecule has 0 saturated heterocycles. The van der Waals surface area contributed by atoms with Crippen molar-refractivity contribution in [3.05, 3.63) is 71.8 Å². The molecule has 3 heteroatoms. The summed E-state index contributed by atoms with van der Waals surface area (Å²) in [7, 11) is 0. The molecule has 2 rings (SSSR count). The summed E-state index contributed by atoms with van der Waals surface area (Å²) in [6.07, 6.45) is -0.636. The Morgan fingerprint density at radius 3 is 2.33 bits per heavy atom. The summed E-state index contributed by atoms with van der Waals surface area (Å²) in [6, 6.07) is 18.5. The lowest BCUT2D eigenvalue weighted by atomic mass is 10.1. The summed E-state index contributed by atoms with van der Waals surface area (Å²) in [4.78, 5) is 11.6. The first-order chi connectivity index (χ1) is 10.3. The average molecular weight is 280 g/mol. The van der Waals surface area contributed by atoms with E-state index in [2.05, 4.69) is 11.8 Å². The van der Waals surface area contributed by atoms with Crippen LogP contribution < -0.4 is 0 Å². The smallest absolute Gasteiger partial charge is 0.311 e. The number of aliphatic hydroxyl groups is 1. The number of carbonyl (C=O) groups excluding carboxylic acids is 1. The first kappa shape index (κ1) is 14.8. The molecule has 0 aromatic heterocycles. The van der Waals surface area contributed by atoms with Gasteiger partial charge in [-0.3, -0.25) is 4.79 Å². The molecule has 106 valence electrons. The molecular formula is C18H16O3. The van der Waals surface area contributed by atoms with E-state index in [-0.39, 0.29) is 19.0 Å². The highest BCUT2D eigenvalue weighted by Gasteiger charge is 2.04. The minimum absolute atomic E-state index is 0.0183. The maximum Gasteiger partial charge on any atom is 0.311 e. The second-order valence-corrected chi connectivity index (χ2v) is 4.46. The Hall–Kier alpha value is -2.57.